The number of H-pyrrole nitrogens is 1. The SMILES string of the molecule is Cn1ccc(C#CC(=O)Nc2cc(-c3ncc(C(F)(F)F)[nH]3)ccc2OCCCC2CNCCS2(O)O)n1. The van der Waals surface area contributed by atoms with Crippen LogP contribution in [0.3, 0.4) is 0 Å². The predicted molar refractivity (Wildman–Crippen MR) is 137 cm³/mol. The van der Waals surface area contributed by atoms with Crippen molar-refractivity contribution in [1.82, 2.24) is 25.1 Å². The van der Waals surface area contributed by atoms with Crippen LogP contribution in [0.15, 0.2) is 36.7 Å². The monoisotopic (exact) mass is 552 g/mol. The molecule has 0 bridgehead atoms. The van der Waals surface area contributed by atoms with Crippen molar-refractivity contribution in [2.45, 2.75) is 24.3 Å². The van der Waals surface area contributed by atoms with Crippen molar-refractivity contribution < 1.29 is 31.8 Å². The first kappa shape index (κ1) is 27.5. The van der Waals surface area contributed by atoms with E-state index in [1.807, 2.05) is 0 Å². The second kappa shape index (κ2) is 11.5. The summed E-state index contributed by atoms with van der Waals surface area (Å²) in [6.07, 6.45) is -1.16. The molecule has 1 fully saturated rings. The number of aromatic amines is 1. The molecule has 14 heteroatoms. The predicted octanol–water partition coefficient (Wildman–Crippen LogP) is 3.70. The average Bonchev–Trinajstić information content (AvgIpc) is 3.51. The van der Waals surface area contributed by atoms with Gasteiger partial charge in [0.05, 0.1) is 29.5 Å². The van der Waals surface area contributed by atoms with Gasteiger partial charge in [-0.2, -0.15) is 28.9 Å². The van der Waals surface area contributed by atoms with Gasteiger partial charge >= 0.3 is 12.1 Å². The van der Waals surface area contributed by atoms with E-state index in [0.717, 1.165) is 0 Å². The number of amides is 1. The van der Waals surface area contributed by atoms with Crippen LogP contribution in [-0.2, 0) is 18.0 Å². The molecular formula is C24H27F3N6O4S. The molecule has 1 saturated heterocycles. The summed E-state index contributed by atoms with van der Waals surface area (Å²) in [5, 5.41) is 9.57. The molecule has 1 aliphatic rings. The summed E-state index contributed by atoms with van der Waals surface area (Å²) in [5.41, 5.74) is -0.117. The molecule has 0 radical (unpaired) electrons. The summed E-state index contributed by atoms with van der Waals surface area (Å²) in [6.45, 7) is 1.29. The van der Waals surface area contributed by atoms with Crippen LogP contribution in [-0.4, -0.2) is 65.5 Å². The third kappa shape index (κ3) is 7.07. The zero-order valence-electron chi connectivity index (χ0n) is 20.4. The molecule has 1 aromatic carbocycles. The van der Waals surface area contributed by atoms with Crippen LogP contribution < -0.4 is 15.4 Å². The first-order chi connectivity index (χ1) is 18.0. The Kier molecular flexibility index (Phi) is 8.32. The number of carbonyl (C=O) groups excluding carboxylic acids is 1. The van der Waals surface area contributed by atoms with Crippen molar-refractivity contribution in [2.24, 2.45) is 7.05 Å². The number of aryl methyl sites for hydroxylation is 1. The van der Waals surface area contributed by atoms with Crippen molar-refractivity contribution in [3.8, 4) is 29.0 Å². The van der Waals surface area contributed by atoms with Gasteiger partial charge in [-0.3, -0.25) is 18.6 Å². The smallest absolute Gasteiger partial charge is 0.432 e. The van der Waals surface area contributed by atoms with Gasteiger partial charge in [-0.1, -0.05) is 0 Å². The molecule has 1 aliphatic heterocycles. The van der Waals surface area contributed by atoms with Gasteiger partial charge in [-0.05, 0) is 43.0 Å². The number of halogens is 3. The van der Waals surface area contributed by atoms with E-state index in [-0.39, 0.29) is 29.1 Å². The maximum absolute atomic E-state index is 13.0. The highest BCUT2D eigenvalue weighted by Crippen LogP contribution is 2.46. The molecule has 1 atom stereocenters. The number of aromatic nitrogens is 4. The Bertz CT molecular complexity index is 1340. The van der Waals surface area contributed by atoms with E-state index in [2.05, 4.69) is 37.5 Å². The molecule has 0 saturated carbocycles. The zero-order chi connectivity index (χ0) is 27.3. The summed E-state index contributed by atoms with van der Waals surface area (Å²) in [5.74, 6) is 4.95. The zero-order valence-corrected chi connectivity index (χ0v) is 21.2. The van der Waals surface area contributed by atoms with Crippen LogP contribution in [0.1, 0.15) is 24.2 Å². The number of hydrogen-bond donors (Lipinski definition) is 5. The Labute approximate surface area is 218 Å². The van der Waals surface area contributed by atoms with Gasteiger partial charge in [0.25, 0.3) is 0 Å². The Morgan fingerprint density at radius 2 is 2.16 bits per heavy atom. The average molecular weight is 553 g/mol. The highest BCUT2D eigenvalue weighted by Gasteiger charge is 2.33. The number of hydrogen-bond acceptors (Lipinski definition) is 7. The largest absolute Gasteiger partial charge is 0.491 e. The molecular weight excluding hydrogens is 525 g/mol. The van der Waals surface area contributed by atoms with Crippen molar-refractivity contribution in [2.75, 3.05) is 30.8 Å². The van der Waals surface area contributed by atoms with Crippen molar-refractivity contribution in [3.05, 3.63) is 48.0 Å². The van der Waals surface area contributed by atoms with Crippen LogP contribution >= 0.6 is 10.6 Å². The molecule has 3 heterocycles. The van der Waals surface area contributed by atoms with Crippen molar-refractivity contribution in [1.29, 1.82) is 0 Å². The molecule has 10 nitrogen and oxygen atoms in total. The van der Waals surface area contributed by atoms with Crippen LogP contribution in [0.2, 0.25) is 0 Å². The fraction of sp³-hybridized carbons (Fsp3) is 0.375. The third-order valence-corrected chi connectivity index (χ3v) is 8.09. The normalized spacial score (nSPS) is 17.8. The highest BCUT2D eigenvalue weighted by molar-refractivity contribution is 8.24. The Morgan fingerprint density at radius 3 is 2.84 bits per heavy atom. The number of nitrogens with one attached hydrogen (secondary N) is 3. The fourth-order valence-corrected chi connectivity index (χ4v) is 5.55. The minimum Gasteiger partial charge on any atom is -0.491 e. The van der Waals surface area contributed by atoms with Crippen LogP contribution in [0.5, 0.6) is 5.75 Å². The quantitative estimate of drug-likeness (QED) is 0.223. The number of carbonyl (C=O) groups is 1. The van der Waals surface area contributed by atoms with Gasteiger partial charge in [0.2, 0.25) is 0 Å². The number of imidazole rings is 1. The maximum atomic E-state index is 13.0. The first-order valence-corrected chi connectivity index (χ1v) is 13.5. The van der Waals surface area contributed by atoms with E-state index in [9.17, 15) is 27.1 Å². The van der Waals surface area contributed by atoms with E-state index in [1.54, 1.807) is 24.0 Å². The van der Waals surface area contributed by atoms with Gasteiger partial charge in [0, 0.05) is 37.8 Å². The van der Waals surface area contributed by atoms with Gasteiger partial charge in [0.15, 0.2) is 0 Å². The summed E-state index contributed by atoms with van der Waals surface area (Å²) < 4.78 is 66.9. The standard InChI is InChI=1S/C24H27F3N6O4S/c1-33-10-8-17(32-33)5-7-22(34)30-19-13-16(23-29-15-21(31-23)24(25,26)27)4-6-20(19)37-11-2-3-18-14-28-9-12-38(18,35)36/h4,6,8,10,13,15,18,28,35-36H,2-3,9,11-12,14H2,1H3,(H,29,31)(H,30,34). The molecule has 4 rings (SSSR count). The molecule has 0 spiro atoms. The fourth-order valence-electron chi connectivity index (χ4n) is 3.84. The van der Waals surface area contributed by atoms with Crippen LogP contribution in [0, 0.1) is 11.8 Å². The number of anilines is 1. The Hall–Kier alpha value is -3.51. The summed E-state index contributed by atoms with van der Waals surface area (Å²) in [4.78, 5) is 18.6. The van der Waals surface area contributed by atoms with Gasteiger partial charge < -0.3 is 20.4 Å². The van der Waals surface area contributed by atoms with Crippen molar-refractivity contribution in [3.63, 3.8) is 0 Å². The minimum absolute atomic E-state index is 0.0334. The van der Waals surface area contributed by atoms with Crippen LogP contribution in [0.25, 0.3) is 11.4 Å². The lowest BCUT2D eigenvalue weighted by Crippen LogP contribution is -2.41. The highest BCUT2D eigenvalue weighted by atomic mass is 32.3. The summed E-state index contributed by atoms with van der Waals surface area (Å²) in [7, 11) is -0.938. The lowest BCUT2D eigenvalue weighted by atomic mass is 10.1. The second-order valence-electron chi connectivity index (χ2n) is 8.67. The lowest BCUT2D eigenvalue weighted by molar-refractivity contribution is -0.140. The molecule has 2 aromatic heterocycles. The molecule has 0 aliphatic carbocycles. The molecule has 38 heavy (non-hydrogen) atoms. The lowest BCUT2D eigenvalue weighted by Gasteiger charge is -2.44. The van der Waals surface area contributed by atoms with Crippen LogP contribution in [0.4, 0.5) is 18.9 Å². The Balaban J connectivity index is 1.49. The van der Waals surface area contributed by atoms with E-state index in [0.29, 0.717) is 49.1 Å². The number of alkyl halides is 3. The van der Waals surface area contributed by atoms with Gasteiger partial charge in [0.1, 0.15) is 23.0 Å². The Morgan fingerprint density at radius 1 is 1.34 bits per heavy atom. The van der Waals surface area contributed by atoms with E-state index >= 15 is 0 Å². The number of benzene rings is 1. The molecule has 204 valence electrons. The van der Waals surface area contributed by atoms with Crippen molar-refractivity contribution >= 4 is 22.2 Å². The maximum Gasteiger partial charge on any atom is 0.432 e. The number of rotatable bonds is 7. The molecule has 5 N–H and O–H groups in total. The molecule has 1 amide bonds. The minimum atomic E-state index is -4.58. The summed E-state index contributed by atoms with van der Waals surface area (Å²) in [6, 6.07) is 6.12. The second-order valence-corrected chi connectivity index (χ2v) is 11.2. The van der Waals surface area contributed by atoms with Gasteiger partial charge in [-0.25, -0.2) is 4.98 Å². The van der Waals surface area contributed by atoms with E-state index in [1.165, 1.54) is 18.2 Å². The number of nitrogens with zero attached hydrogens (tertiary/aromatic N) is 3. The summed E-state index contributed by atoms with van der Waals surface area (Å²) >= 11 is 0. The molecule has 1 unspecified atom stereocenters. The van der Waals surface area contributed by atoms with Gasteiger partial charge in [-0.15, -0.1) is 0 Å². The van der Waals surface area contributed by atoms with E-state index < -0.39 is 28.4 Å². The number of ether oxygens (including phenoxy) is 1. The third-order valence-electron chi connectivity index (χ3n) is 5.81. The van der Waals surface area contributed by atoms with E-state index in [4.69, 9.17) is 4.74 Å². The topological polar surface area (TPSA) is 137 Å². The molecule has 3 aromatic rings. The first-order valence-electron chi connectivity index (χ1n) is 11.7.